The highest BCUT2D eigenvalue weighted by molar-refractivity contribution is 14.0. The summed E-state index contributed by atoms with van der Waals surface area (Å²) in [5.74, 6) is 0.645. The van der Waals surface area contributed by atoms with Crippen LogP contribution in [0.3, 0.4) is 0 Å². The smallest absolute Gasteiger partial charge is 0.243 e. The maximum atomic E-state index is 11.8. The number of nitrogens with zero attached hydrogens (tertiary/aromatic N) is 4. The molecule has 0 fully saturated rings. The Kier molecular flexibility index (Phi) is 11.3. The van der Waals surface area contributed by atoms with Crippen molar-refractivity contribution in [1.29, 1.82) is 0 Å². The van der Waals surface area contributed by atoms with Gasteiger partial charge in [-0.3, -0.25) is 9.48 Å². The van der Waals surface area contributed by atoms with Gasteiger partial charge in [0.2, 0.25) is 5.91 Å². The second-order valence-electron chi connectivity index (χ2n) is 7.05. The van der Waals surface area contributed by atoms with E-state index in [0.29, 0.717) is 5.96 Å². The Bertz CT molecular complexity index is 773. The highest BCUT2D eigenvalue weighted by Gasteiger charge is 2.05. The first-order valence-electron chi connectivity index (χ1n) is 9.73. The number of guanidine groups is 1. The van der Waals surface area contributed by atoms with Gasteiger partial charge < -0.3 is 15.5 Å². The number of benzene rings is 1. The molecular formula is C21H33IN6O. The number of aliphatic imine (C=N–C) groups is 1. The molecule has 0 saturated heterocycles. The van der Waals surface area contributed by atoms with E-state index < -0.39 is 0 Å². The maximum absolute atomic E-state index is 11.8. The summed E-state index contributed by atoms with van der Waals surface area (Å²) in [6.45, 7) is 6.56. The van der Waals surface area contributed by atoms with Gasteiger partial charge in [0.15, 0.2) is 5.96 Å². The van der Waals surface area contributed by atoms with Crippen molar-refractivity contribution in [3.05, 3.63) is 53.3 Å². The molecule has 2 N–H and O–H groups in total. The summed E-state index contributed by atoms with van der Waals surface area (Å²) in [4.78, 5) is 17.8. The Morgan fingerprint density at radius 3 is 2.45 bits per heavy atom. The van der Waals surface area contributed by atoms with E-state index in [0.717, 1.165) is 38.2 Å². The number of nitrogens with one attached hydrogen (secondary N) is 2. The van der Waals surface area contributed by atoms with E-state index in [-0.39, 0.29) is 36.4 Å². The molecule has 0 aliphatic heterocycles. The summed E-state index contributed by atoms with van der Waals surface area (Å²) in [6, 6.07) is 12.4. The number of rotatable bonds is 9. The molecule has 0 radical (unpaired) electrons. The van der Waals surface area contributed by atoms with Crippen LogP contribution < -0.4 is 10.6 Å². The van der Waals surface area contributed by atoms with Crippen molar-refractivity contribution in [1.82, 2.24) is 25.3 Å². The molecule has 0 bridgehead atoms. The summed E-state index contributed by atoms with van der Waals surface area (Å²) >= 11 is 0. The highest BCUT2D eigenvalue weighted by atomic mass is 127. The predicted octanol–water partition coefficient (Wildman–Crippen LogP) is 2.37. The van der Waals surface area contributed by atoms with E-state index in [1.54, 1.807) is 19.0 Å². The third-order valence-electron chi connectivity index (χ3n) is 4.36. The van der Waals surface area contributed by atoms with Gasteiger partial charge in [-0.2, -0.15) is 5.10 Å². The Morgan fingerprint density at radius 2 is 1.83 bits per heavy atom. The minimum Gasteiger partial charge on any atom is -0.356 e. The zero-order valence-electron chi connectivity index (χ0n) is 17.8. The molecule has 2 aromatic rings. The number of carbonyl (C=O) groups excluding carboxylic acids is 1. The molecule has 1 aromatic carbocycles. The lowest BCUT2D eigenvalue weighted by molar-refractivity contribution is -0.127. The third kappa shape index (κ3) is 9.29. The van der Waals surface area contributed by atoms with Gasteiger partial charge in [0.05, 0.1) is 5.69 Å². The average Bonchev–Trinajstić information content (AvgIpc) is 3.00. The first kappa shape index (κ1) is 24.9. The Labute approximate surface area is 191 Å². The number of halogens is 1. The zero-order valence-corrected chi connectivity index (χ0v) is 20.1. The first-order valence-corrected chi connectivity index (χ1v) is 9.73. The van der Waals surface area contributed by atoms with Gasteiger partial charge in [0.1, 0.15) is 6.54 Å². The number of hydrogen-bond acceptors (Lipinski definition) is 3. The van der Waals surface area contributed by atoms with E-state index >= 15 is 0 Å². The Hall–Kier alpha value is -2.10. The molecule has 7 nitrogen and oxygen atoms in total. The molecule has 0 aliphatic carbocycles. The monoisotopic (exact) mass is 512 g/mol. The number of amides is 1. The molecule has 1 amide bonds. The third-order valence-corrected chi connectivity index (χ3v) is 4.36. The van der Waals surface area contributed by atoms with Crippen LogP contribution in [0.2, 0.25) is 0 Å². The van der Waals surface area contributed by atoms with Gasteiger partial charge in [-0.1, -0.05) is 30.3 Å². The summed E-state index contributed by atoms with van der Waals surface area (Å²) in [5.41, 5.74) is 3.48. The van der Waals surface area contributed by atoms with Gasteiger partial charge in [-0.05, 0) is 38.3 Å². The van der Waals surface area contributed by atoms with E-state index in [2.05, 4.69) is 45.8 Å². The van der Waals surface area contributed by atoms with Crippen molar-refractivity contribution in [2.75, 3.05) is 33.7 Å². The fourth-order valence-electron chi connectivity index (χ4n) is 2.77. The number of likely N-dealkylation sites (N-methyl/N-ethyl adjacent to an activating group) is 1. The Balaban J connectivity index is 0.00000420. The largest absolute Gasteiger partial charge is 0.356 e. The van der Waals surface area contributed by atoms with Gasteiger partial charge >= 0.3 is 0 Å². The van der Waals surface area contributed by atoms with Crippen molar-refractivity contribution in [2.45, 2.75) is 33.2 Å². The average molecular weight is 512 g/mol. The summed E-state index contributed by atoms with van der Waals surface area (Å²) in [7, 11) is 3.48. The Morgan fingerprint density at radius 1 is 1.14 bits per heavy atom. The topological polar surface area (TPSA) is 74.6 Å². The normalized spacial score (nSPS) is 11.0. The predicted molar refractivity (Wildman–Crippen MR) is 129 cm³/mol. The molecule has 0 unspecified atom stereocenters. The van der Waals surface area contributed by atoms with E-state index in [4.69, 9.17) is 0 Å². The number of hydrogen-bond donors (Lipinski definition) is 2. The van der Waals surface area contributed by atoms with Gasteiger partial charge in [0, 0.05) is 39.4 Å². The SMILES string of the molecule is Cc1cc(C)n(CCCNC(=NCC(=O)N(C)C)NCCc2ccccc2)n1.I. The summed E-state index contributed by atoms with van der Waals surface area (Å²) in [6.07, 6.45) is 1.82. The number of carbonyl (C=O) groups is 1. The van der Waals surface area contributed by atoms with E-state index in [1.165, 1.54) is 11.3 Å². The van der Waals surface area contributed by atoms with Crippen LogP contribution in [0, 0.1) is 13.8 Å². The van der Waals surface area contributed by atoms with Crippen LogP contribution in [-0.2, 0) is 17.8 Å². The molecule has 29 heavy (non-hydrogen) atoms. The van der Waals surface area contributed by atoms with E-state index in [9.17, 15) is 4.79 Å². The lowest BCUT2D eigenvalue weighted by Crippen LogP contribution is -2.40. The molecule has 8 heteroatoms. The number of aromatic nitrogens is 2. The van der Waals surface area contributed by atoms with Crippen LogP contribution in [0.25, 0.3) is 0 Å². The van der Waals surface area contributed by atoms with Crippen molar-refractivity contribution in [3.8, 4) is 0 Å². The molecule has 0 spiro atoms. The lowest BCUT2D eigenvalue weighted by atomic mass is 10.1. The first-order chi connectivity index (χ1) is 13.5. The second-order valence-corrected chi connectivity index (χ2v) is 7.05. The van der Waals surface area contributed by atoms with Crippen LogP contribution in [0.5, 0.6) is 0 Å². The second kappa shape index (κ2) is 13.2. The van der Waals surface area contributed by atoms with Crippen LogP contribution in [0.15, 0.2) is 41.4 Å². The minimum atomic E-state index is -0.0215. The molecular weight excluding hydrogens is 479 g/mol. The standard InChI is InChI=1S/C21H32N6O.HI/c1-17-15-18(2)27(25-17)14-8-12-22-21(24-16-20(28)26(3)4)23-13-11-19-9-6-5-7-10-19;/h5-7,9-10,15H,8,11-14,16H2,1-4H3,(H2,22,23,24);1H. The van der Waals surface area contributed by atoms with Crippen LogP contribution >= 0.6 is 24.0 Å². The molecule has 1 aromatic heterocycles. The lowest BCUT2D eigenvalue weighted by Gasteiger charge is -2.14. The van der Waals surface area contributed by atoms with Crippen molar-refractivity contribution < 1.29 is 4.79 Å². The van der Waals surface area contributed by atoms with Crippen LogP contribution in [0.4, 0.5) is 0 Å². The summed E-state index contributed by atoms with van der Waals surface area (Å²) in [5, 5.41) is 11.1. The molecule has 0 atom stereocenters. The van der Waals surface area contributed by atoms with Crippen molar-refractivity contribution >= 4 is 35.8 Å². The van der Waals surface area contributed by atoms with Crippen molar-refractivity contribution in [3.63, 3.8) is 0 Å². The van der Waals surface area contributed by atoms with Gasteiger partial charge in [-0.25, -0.2) is 4.99 Å². The summed E-state index contributed by atoms with van der Waals surface area (Å²) < 4.78 is 2.02. The van der Waals surface area contributed by atoms with Crippen LogP contribution in [-0.4, -0.2) is 60.3 Å². The quantitative estimate of drug-likeness (QED) is 0.234. The van der Waals surface area contributed by atoms with Crippen molar-refractivity contribution in [2.24, 2.45) is 4.99 Å². The molecule has 160 valence electrons. The fourth-order valence-corrected chi connectivity index (χ4v) is 2.77. The minimum absolute atomic E-state index is 0. The highest BCUT2D eigenvalue weighted by Crippen LogP contribution is 2.02. The van der Waals surface area contributed by atoms with E-state index in [1.807, 2.05) is 29.8 Å². The van der Waals surface area contributed by atoms with Crippen LogP contribution in [0.1, 0.15) is 23.4 Å². The maximum Gasteiger partial charge on any atom is 0.243 e. The zero-order chi connectivity index (χ0) is 20.4. The van der Waals surface area contributed by atoms with Gasteiger partial charge in [0.25, 0.3) is 0 Å². The number of aryl methyl sites for hydroxylation is 3. The molecule has 2 rings (SSSR count). The fraction of sp³-hybridized carbons (Fsp3) is 0.476. The van der Waals surface area contributed by atoms with Gasteiger partial charge in [-0.15, -0.1) is 24.0 Å². The molecule has 1 heterocycles. The molecule has 0 saturated carbocycles. The molecule has 0 aliphatic rings.